The van der Waals surface area contributed by atoms with Gasteiger partial charge in [-0.3, -0.25) is 0 Å². The standard InChI is InChI=1S/C17H17FN2O3S/c1-24(22,23)14-6-7-15-12(10-14)8-9-20(17(19)21)16(15)11-2-4-13(18)5-3-11/h2-7,10,16H,8-9H2,1H3,(H2,19,21). The van der Waals surface area contributed by atoms with Gasteiger partial charge in [0.25, 0.3) is 0 Å². The number of nitrogens with zero attached hydrogens (tertiary/aromatic N) is 1. The molecular formula is C17H17FN2O3S. The van der Waals surface area contributed by atoms with Crippen LogP contribution in [0.3, 0.4) is 0 Å². The fraction of sp³-hybridized carbons (Fsp3) is 0.235. The van der Waals surface area contributed by atoms with Crippen molar-refractivity contribution in [3.63, 3.8) is 0 Å². The summed E-state index contributed by atoms with van der Waals surface area (Å²) in [5, 5.41) is 0. The lowest BCUT2D eigenvalue weighted by Crippen LogP contribution is -2.43. The van der Waals surface area contributed by atoms with Crippen LogP contribution in [0.5, 0.6) is 0 Å². The Morgan fingerprint density at radius 2 is 1.88 bits per heavy atom. The van der Waals surface area contributed by atoms with E-state index in [1.807, 2.05) is 0 Å². The number of carbonyl (C=O) groups is 1. The molecule has 0 aliphatic carbocycles. The lowest BCUT2D eigenvalue weighted by molar-refractivity contribution is 0.189. The summed E-state index contributed by atoms with van der Waals surface area (Å²) < 4.78 is 36.7. The fourth-order valence-corrected chi connectivity index (χ4v) is 3.75. The predicted octanol–water partition coefficient (Wildman–Crippen LogP) is 2.26. The average molecular weight is 348 g/mol. The first-order chi connectivity index (χ1) is 11.3. The topological polar surface area (TPSA) is 80.5 Å². The normalized spacial score (nSPS) is 17.4. The molecule has 0 aromatic heterocycles. The number of halogens is 1. The second kappa shape index (κ2) is 5.90. The molecule has 1 aliphatic rings. The van der Waals surface area contributed by atoms with Crippen LogP contribution in [-0.2, 0) is 16.3 Å². The molecule has 0 saturated carbocycles. The molecule has 1 atom stereocenters. The van der Waals surface area contributed by atoms with Crippen LogP contribution in [0.15, 0.2) is 47.4 Å². The van der Waals surface area contributed by atoms with E-state index in [0.29, 0.717) is 13.0 Å². The first-order valence-corrected chi connectivity index (χ1v) is 9.31. The summed E-state index contributed by atoms with van der Waals surface area (Å²) in [6.07, 6.45) is 1.67. The van der Waals surface area contributed by atoms with Crippen molar-refractivity contribution in [3.8, 4) is 0 Å². The van der Waals surface area contributed by atoms with Crippen LogP contribution in [0, 0.1) is 5.82 Å². The monoisotopic (exact) mass is 348 g/mol. The number of rotatable bonds is 2. The predicted molar refractivity (Wildman–Crippen MR) is 87.8 cm³/mol. The Balaban J connectivity index is 2.14. The van der Waals surface area contributed by atoms with Gasteiger partial charge in [-0.25, -0.2) is 17.6 Å². The van der Waals surface area contributed by atoms with Crippen LogP contribution in [0.25, 0.3) is 0 Å². The zero-order valence-corrected chi connectivity index (χ0v) is 13.9. The molecule has 0 bridgehead atoms. The minimum absolute atomic E-state index is 0.242. The summed E-state index contributed by atoms with van der Waals surface area (Å²) in [7, 11) is -3.31. The number of hydrogen-bond donors (Lipinski definition) is 1. The van der Waals surface area contributed by atoms with Crippen LogP contribution >= 0.6 is 0 Å². The Bertz CT molecular complexity index is 895. The van der Waals surface area contributed by atoms with E-state index in [1.165, 1.54) is 23.1 Å². The van der Waals surface area contributed by atoms with E-state index in [4.69, 9.17) is 5.73 Å². The molecule has 0 radical (unpaired) electrons. The van der Waals surface area contributed by atoms with Gasteiger partial charge in [-0.15, -0.1) is 0 Å². The van der Waals surface area contributed by atoms with Gasteiger partial charge in [0.05, 0.1) is 10.9 Å². The first-order valence-electron chi connectivity index (χ1n) is 7.42. The number of benzene rings is 2. The molecule has 2 aromatic carbocycles. The smallest absolute Gasteiger partial charge is 0.315 e. The van der Waals surface area contributed by atoms with Gasteiger partial charge >= 0.3 is 6.03 Å². The molecule has 2 N–H and O–H groups in total. The van der Waals surface area contributed by atoms with E-state index in [0.717, 1.165) is 22.9 Å². The van der Waals surface area contributed by atoms with Crippen molar-refractivity contribution in [2.45, 2.75) is 17.4 Å². The maximum atomic E-state index is 13.2. The van der Waals surface area contributed by atoms with Crippen LogP contribution in [0.1, 0.15) is 22.7 Å². The zero-order chi connectivity index (χ0) is 17.5. The van der Waals surface area contributed by atoms with Crippen molar-refractivity contribution in [3.05, 3.63) is 65.0 Å². The summed E-state index contributed by atoms with van der Waals surface area (Å²) in [6, 6.07) is 9.71. The van der Waals surface area contributed by atoms with Crippen molar-refractivity contribution in [2.24, 2.45) is 5.73 Å². The third-order valence-corrected chi connectivity index (χ3v) is 5.35. The molecule has 0 saturated heterocycles. The summed E-state index contributed by atoms with van der Waals surface area (Å²) >= 11 is 0. The number of carbonyl (C=O) groups excluding carboxylic acids is 1. The Morgan fingerprint density at radius 3 is 2.46 bits per heavy atom. The quantitative estimate of drug-likeness (QED) is 0.904. The largest absolute Gasteiger partial charge is 0.351 e. The molecule has 2 amide bonds. The number of amides is 2. The molecule has 126 valence electrons. The summed E-state index contributed by atoms with van der Waals surface area (Å²) in [5.41, 5.74) is 7.88. The van der Waals surface area contributed by atoms with Crippen LogP contribution in [0.4, 0.5) is 9.18 Å². The van der Waals surface area contributed by atoms with Crippen LogP contribution in [0.2, 0.25) is 0 Å². The number of sulfone groups is 1. The Hall–Kier alpha value is -2.41. The molecule has 3 rings (SSSR count). The number of nitrogens with two attached hydrogens (primary N) is 1. The molecular weight excluding hydrogens is 331 g/mol. The lowest BCUT2D eigenvalue weighted by atomic mass is 9.88. The molecule has 1 unspecified atom stereocenters. The van der Waals surface area contributed by atoms with E-state index in [9.17, 15) is 17.6 Å². The zero-order valence-electron chi connectivity index (χ0n) is 13.1. The molecule has 1 aliphatic heterocycles. The van der Waals surface area contributed by atoms with E-state index in [1.54, 1.807) is 24.3 Å². The van der Waals surface area contributed by atoms with Crippen LogP contribution in [-0.4, -0.2) is 32.1 Å². The van der Waals surface area contributed by atoms with Gasteiger partial charge in [-0.1, -0.05) is 18.2 Å². The highest BCUT2D eigenvalue weighted by Gasteiger charge is 2.31. The minimum atomic E-state index is -3.31. The second-order valence-corrected chi connectivity index (χ2v) is 7.88. The SMILES string of the molecule is CS(=O)(=O)c1ccc2c(c1)CCN(C(N)=O)C2c1ccc(F)cc1. The van der Waals surface area contributed by atoms with Crippen molar-refractivity contribution >= 4 is 15.9 Å². The third kappa shape index (κ3) is 2.99. The van der Waals surface area contributed by atoms with Gasteiger partial charge < -0.3 is 10.6 Å². The van der Waals surface area contributed by atoms with Crippen LogP contribution < -0.4 is 5.73 Å². The summed E-state index contributed by atoms with van der Waals surface area (Å²) in [4.78, 5) is 13.6. The maximum absolute atomic E-state index is 13.2. The van der Waals surface area contributed by atoms with E-state index >= 15 is 0 Å². The van der Waals surface area contributed by atoms with E-state index in [2.05, 4.69) is 0 Å². The van der Waals surface area contributed by atoms with E-state index < -0.39 is 21.9 Å². The number of urea groups is 1. The molecule has 0 fully saturated rings. The molecule has 1 heterocycles. The van der Waals surface area contributed by atoms with Gasteiger partial charge in [-0.05, 0) is 47.4 Å². The summed E-state index contributed by atoms with van der Waals surface area (Å²) in [6.45, 7) is 0.373. The van der Waals surface area contributed by atoms with Crippen molar-refractivity contribution in [1.82, 2.24) is 4.90 Å². The summed E-state index contributed by atoms with van der Waals surface area (Å²) in [5.74, 6) is -0.368. The van der Waals surface area contributed by atoms with E-state index in [-0.39, 0.29) is 10.7 Å². The Morgan fingerprint density at radius 1 is 1.21 bits per heavy atom. The molecule has 7 heteroatoms. The Kier molecular flexibility index (Phi) is 4.04. The maximum Gasteiger partial charge on any atom is 0.315 e. The minimum Gasteiger partial charge on any atom is -0.351 e. The fourth-order valence-electron chi connectivity index (χ4n) is 3.08. The van der Waals surface area contributed by atoms with Gasteiger partial charge in [-0.2, -0.15) is 0 Å². The highest BCUT2D eigenvalue weighted by molar-refractivity contribution is 7.90. The lowest BCUT2D eigenvalue weighted by Gasteiger charge is -2.36. The van der Waals surface area contributed by atoms with Crippen molar-refractivity contribution in [2.75, 3.05) is 12.8 Å². The second-order valence-electron chi connectivity index (χ2n) is 5.87. The molecule has 5 nitrogen and oxygen atoms in total. The van der Waals surface area contributed by atoms with Gasteiger partial charge in [0, 0.05) is 12.8 Å². The number of primary amides is 1. The third-order valence-electron chi connectivity index (χ3n) is 4.24. The Labute approximate surface area is 139 Å². The van der Waals surface area contributed by atoms with Gasteiger partial charge in [0.15, 0.2) is 9.84 Å². The van der Waals surface area contributed by atoms with Crippen molar-refractivity contribution < 1.29 is 17.6 Å². The van der Waals surface area contributed by atoms with Gasteiger partial charge in [0.2, 0.25) is 0 Å². The van der Waals surface area contributed by atoms with Gasteiger partial charge in [0.1, 0.15) is 5.82 Å². The molecule has 24 heavy (non-hydrogen) atoms. The molecule has 2 aromatic rings. The average Bonchev–Trinajstić information content (AvgIpc) is 2.53. The molecule has 0 spiro atoms. The highest BCUT2D eigenvalue weighted by Crippen LogP contribution is 2.36. The highest BCUT2D eigenvalue weighted by atomic mass is 32.2. The first kappa shape index (κ1) is 16.4. The van der Waals surface area contributed by atoms with Crippen molar-refractivity contribution in [1.29, 1.82) is 0 Å². The number of fused-ring (bicyclic) bond motifs is 1. The number of hydrogen-bond acceptors (Lipinski definition) is 3.